The van der Waals surface area contributed by atoms with Gasteiger partial charge in [0.05, 0.1) is 5.25 Å². The van der Waals surface area contributed by atoms with Crippen molar-refractivity contribution in [2.24, 2.45) is 0 Å². The minimum Gasteiger partial charge on any atom is -0.457 e. The van der Waals surface area contributed by atoms with Gasteiger partial charge in [-0.2, -0.15) is 0 Å². The fourth-order valence-electron chi connectivity index (χ4n) is 3.99. The summed E-state index contributed by atoms with van der Waals surface area (Å²) in [6.07, 6.45) is 1.50. The van der Waals surface area contributed by atoms with Gasteiger partial charge in [-0.1, -0.05) is 78.6 Å². The van der Waals surface area contributed by atoms with Gasteiger partial charge in [0.25, 0.3) is 11.8 Å². The Labute approximate surface area is 272 Å². The van der Waals surface area contributed by atoms with Crippen molar-refractivity contribution >= 4 is 69.5 Å². The highest BCUT2D eigenvalue weighted by molar-refractivity contribution is 8.01. The first-order valence-electron chi connectivity index (χ1n) is 14.0. The lowest BCUT2D eigenvalue weighted by Gasteiger charge is -2.12. The van der Waals surface area contributed by atoms with Gasteiger partial charge < -0.3 is 15.1 Å². The molecule has 3 N–H and O–H groups in total. The Kier molecular flexibility index (Phi) is 10.9. The minimum atomic E-state index is -0.525. The normalized spacial score (nSPS) is 11.9. The van der Waals surface area contributed by atoms with Crippen LogP contribution in [0.15, 0.2) is 116 Å². The highest BCUT2D eigenvalue weighted by Crippen LogP contribution is 2.29. The van der Waals surface area contributed by atoms with E-state index in [1.165, 1.54) is 29.2 Å². The Morgan fingerprint density at radius 3 is 2.31 bits per heavy atom. The summed E-state index contributed by atoms with van der Waals surface area (Å²) in [6.45, 7) is 3.84. The highest BCUT2D eigenvalue weighted by Gasteiger charge is 2.19. The molecule has 0 aliphatic heterocycles. The summed E-state index contributed by atoms with van der Waals surface area (Å²) in [4.78, 5) is 39.9. The molecule has 5 aromatic rings. The van der Waals surface area contributed by atoms with Gasteiger partial charge in [0.1, 0.15) is 17.2 Å². The van der Waals surface area contributed by atoms with E-state index in [-0.39, 0.29) is 11.6 Å². The summed E-state index contributed by atoms with van der Waals surface area (Å²) in [7, 11) is 0. The topological polar surface area (TPSA) is 126 Å². The molecular weight excluding hydrogens is 627 g/mol. The van der Waals surface area contributed by atoms with Crippen LogP contribution >= 0.6 is 34.9 Å². The van der Waals surface area contributed by atoms with Crippen LogP contribution in [0.2, 0.25) is 0 Å². The number of benzene rings is 3. The summed E-state index contributed by atoms with van der Waals surface area (Å²) in [6, 6.07) is 28.9. The molecule has 2 aromatic heterocycles. The van der Waals surface area contributed by atoms with E-state index in [0.717, 1.165) is 20.6 Å². The number of thioether (sulfide) groups is 2. The Balaban J connectivity index is 1.26. The molecule has 0 aliphatic rings. The van der Waals surface area contributed by atoms with Crippen LogP contribution in [0.3, 0.4) is 0 Å². The molecule has 0 spiro atoms. The molecular formula is C33H29N5O4S3. The van der Waals surface area contributed by atoms with Crippen LogP contribution in [-0.4, -0.2) is 38.9 Å². The summed E-state index contributed by atoms with van der Waals surface area (Å²) in [5, 5.41) is 16.5. The van der Waals surface area contributed by atoms with Crippen molar-refractivity contribution in [1.82, 2.24) is 15.5 Å². The van der Waals surface area contributed by atoms with Gasteiger partial charge in [-0.25, -0.2) is 0 Å². The van der Waals surface area contributed by atoms with Crippen molar-refractivity contribution in [1.29, 1.82) is 0 Å². The Morgan fingerprint density at radius 2 is 1.60 bits per heavy atom. The first kappa shape index (κ1) is 31.8. The molecule has 0 saturated carbocycles. The fourth-order valence-corrected chi connectivity index (χ4v) is 6.51. The smallest absolute Gasteiger partial charge is 0.272 e. The molecule has 228 valence electrons. The third-order valence-electron chi connectivity index (χ3n) is 6.20. The van der Waals surface area contributed by atoms with E-state index >= 15 is 0 Å². The van der Waals surface area contributed by atoms with Gasteiger partial charge in [-0.3, -0.25) is 19.7 Å². The number of aromatic nitrogens is 2. The number of carbonyl (C=O) groups excluding carboxylic acids is 3. The summed E-state index contributed by atoms with van der Waals surface area (Å²) < 4.78 is 6.77. The van der Waals surface area contributed by atoms with Gasteiger partial charge in [0.2, 0.25) is 11.0 Å². The van der Waals surface area contributed by atoms with E-state index < -0.39 is 17.1 Å². The van der Waals surface area contributed by atoms with Crippen molar-refractivity contribution in [3.05, 3.63) is 114 Å². The van der Waals surface area contributed by atoms with Crippen LogP contribution in [0.1, 0.15) is 30.0 Å². The molecule has 5 rings (SSSR count). The summed E-state index contributed by atoms with van der Waals surface area (Å²) in [5.74, 6) is 0.780. The average Bonchev–Trinajstić information content (AvgIpc) is 3.72. The lowest BCUT2D eigenvalue weighted by molar-refractivity contribution is -0.115. The Bertz CT molecular complexity index is 1790. The van der Waals surface area contributed by atoms with Gasteiger partial charge in [-0.05, 0) is 61.2 Å². The van der Waals surface area contributed by atoms with E-state index in [4.69, 9.17) is 4.42 Å². The van der Waals surface area contributed by atoms with Crippen molar-refractivity contribution in [2.75, 3.05) is 16.4 Å². The van der Waals surface area contributed by atoms with Crippen molar-refractivity contribution < 1.29 is 18.8 Å². The quantitative estimate of drug-likeness (QED) is 0.0720. The predicted octanol–water partition coefficient (Wildman–Crippen LogP) is 7.44. The SMILES string of the molecule is CCSc1nnc(NC(=O)[C@@H](C)Sc2ccc(NC(=O)/C(=C/c3ccc(-c4ccccc4)o3)NC(=O)c3ccccc3)cc2)s1. The van der Waals surface area contributed by atoms with E-state index in [0.29, 0.717) is 27.9 Å². The molecule has 0 fully saturated rings. The van der Waals surface area contributed by atoms with Gasteiger partial charge >= 0.3 is 0 Å². The first-order valence-corrected chi connectivity index (χ1v) is 16.6. The number of rotatable bonds is 12. The van der Waals surface area contributed by atoms with E-state index in [1.807, 2.05) is 68.4 Å². The van der Waals surface area contributed by atoms with Crippen LogP contribution in [0, 0.1) is 0 Å². The molecule has 0 radical (unpaired) electrons. The van der Waals surface area contributed by atoms with Crippen LogP contribution in [0.5, 0.6) is 0 Å². The zero-order chi connectivity index (χ0) is 31.6. The maximum Gasteiger partial charge on any atom is 0.272 e. The zero-order valence-electron chi connectivity index (χ0n) is 24.4. The van der Waals surface area contributed by atoms with Gasteiger partial charge in [-0.15, -0.1) is 22.0 Å². The molecule has 45 heavy (non-hydrogen) atoms. The molecule has 0 aliphatic carbocycles. The third-order valence-corrected chi connectivity index (χ3v) is 9.17. The van der Waals surface area contributed by atoms with Crippen LogP contribution in [0.4, 0.5) is 10.8 Å². The average molecular weight is 656 g/mol. The van der Waals surface area contributed by atoms with Crippen LogP contribution in [0.25, 0.3) is 17.4 Å². The number of furan rings is 1. The molecule has 0 unspecified atom stereocenters. The monoisotopic (exact) mass is 655 g/mol. The summed E-state index contributed by atoms with van der Waals surface area (Å²) >= 11 is 4.29. The Hall–Kier alpha value is -4.65. The van der Waals surface area contributed by atoms with Crippen molar-refractivity contribution in [3.8, 4) is 11.3 Å². The zero-order valence-corrected chi connectivity index (χ0v) is 26.8. The molecule has 3 amide bonds. The first-order chi connectivity index (χ1) is 21.9. The lowest BCUT2D eigenvalue weighted by Crippen LogP contribution is -2.30. The maximum absolute atomic E-state index is 13.4. The maximum atomic E-state index is 13.4. The second-order valence-electron chi connectivity index (χ2n) is 9.48. The van der Waals surface area contributed by atoms with Gasteiger partial charge in [0.15, 0.2) is 4.34 Å². The van der Waals surface area contributed by atoms with Crippen LogP contribution < -0.4 is 16.0 Å². The van der Waals surface area contributed by atoms with Crippen LogP contribution in [-0.2, 0) is 9.59 Å². The third kappa shape index (κ3) is 8.94. The fraction of sp³-hybridized carbons (Fsp3) is 0.121. The van der Waals surface area contributed by atoms with Crippen molar-refractivity contribution in [3.63, 3.8) is 0 Å². The number of nitrogens with zero attached hydrogens (tertiary/aromatic N) is 2. The molecule has 2 heterocycles. The highest BCUT2D eigenvalue weighted by atomic mass is 32.2. The number of carbonyl (C=O) groups is 3. The number of hydrogen-bond donors (Lipinski definition) is 3. The minimum absolute atomic E-state index is 0.0127. The number of hydrogen-bond acceptors (Lipinski definition) is 9. The molecule has 9 nitrogen and oxygen atoms in total. The largest absolute Gasteiger partial charge is 0.457 e. The van der Waals surface area contributed by atoms with Gasteiger partial charge in [0, 0.05) is 27.8 Å². The lowest BCUT2D eigenvalue weighted by atomic mass is 10.2. The second-order valence-corrected chi connectivity index (χ2v) is 13.4. The molecule has 0 saturated heterocycles. The summed E-state index contributed by atoms with van der Waals surface area (Å²) in [5.41, 5.74) is 1.83. The predicted molar refractivity (Wildman–Crippen MR) is 181 cm³/mol. The Morgan fingerprint density at radius 1 is 0.889 bits per heavy atom. The molecule has 1 atom stereocenters. The van der Waals surface area contributed by atoms with E-state index in [2.05, 4.69) is 26.1 Å². The molecule has 3 aromatic carbocycles. The van der Waals surface area contributed by atoms with E-state index in [9.17, 15) is 14.4 Å². The number of amides is 3. The molecule has 0 bridgehead atoms. The molecule has 12 heteroatoms. The van der Waals surface area contributed by atoms with Crippen molar-refractivity contribution in [2.45, 2.75) is 28.3 Å². The number of anilines is 2. The number of nitrogens with one attached hydrogen (secondary N) is 3. The van der Waals surface area contributed by atoms with E-state index in [1.54, 1.807) is 54.2 Å². The standard InChI is InChI=1S/C33H29N5O4S3/c1-3-43-33-38-37-32(45-33)36-29(39)21(2)44-26-17-14-24(15-18-26)34-31(41)27(35-30(40)23-12-8-5-9-13-23)20-25-16-19-28(42-25)22-10-6-4-7-11-22/h4-21H,3H2,1-2H3,(H,34,41)(H,35,40)(H,36,37,39)/b27-20-/t21-/m1/s1. The second kappa shape index (κ2) is 15.4.